The smallest absolute Gasteiger partial charge is 0.408 e. The van der Waals surface area contributed by atoms with Crippen LogP contribution in [0.5, 0.6) is 0 Å². The number of alkyl carbamates (subject to hydrolysis) is 1. The van der Waals surface area contributed by atoms with Crippen LogP contribution in [0.3, 0.4) is 0 Å². The molecule has 12 heteroatoms. The molecule has 2 rings (SSSR count). The lowest BCUT2D eigenvalue weighted by Crippen LogP contribution is -2.56. The topological polar surface area (TPSA) is 171 Å². The van der Waals surface area contributed by atoms with E-state index in [9.17, 15) is 28.8 Å². The molecule has 1 heterocycles. The van der Waals surface area contributed by atoms with Gasteiger partial charge in [-0.1, -0.05) is 45.4 Å². The quantitative estimate of drug-likeness (QED) is 0.266. The van der Waals surface area contributed by atoms with Crippen LogP contribution in [0.15, 0.2) is 0 Å². The lowest BCUT2D eigenvalue weighted by atomic mass is 9.84. The number of nitrogens with one attached hydrogen (secondary N) is 3. The van der Waals surface area contributed by atoms with Crippen LogP contribution in [0, 0.1) is 5.92 Å². The van der Waals surface area contributed by atoms with Crippen LogP contribution < -0.4 is 16.0 Å². The highest BCUT2D eigenvalue weighted by Gasteiger charge is 2.40. The van der Waals surface area contributed by atoms with E-state index < -0.39 is 59.9 Å². The minimum absolute atomic E-state index is 0.177. The third-order valence-corrected chi connectivity index (χ3v) is 6.96. The first-order valence-corrected chi connectivity index (χ1v) is 14.0. The van der Waals surface area contributed by atoms with E-state index in [1.54, 1.807) is 27.7 Å². The molecule has 1 aliphatic carbocycles. The number of nitrogens with zero attached hydrogens (tertiary/aromatic N) is 1. The monoisotopic (exact) mass is 552 g/mol. The molecule has 0 aromatic heterocycles. The van der Waals surface area contributed by atoms with Gasteiger partial charge in [-0.15, -0.1) is 0 Å². The maximum absolute atomic E-state index is 13.7. The molecule has 0 radical (unpaired) electrons. The predicted octanol–water partition coefficient (Wildman–Crippen LogP) is 1.90. The summed E-state index contributed by atoms with van der Waals surface area (Å²) in [5.41, 5.74) is -0.740. The Bertz CT molecular complexity index is 910. The van der Waals surface area contributed by atoms with E-state index >= 15 is 0 Å². The second-order valence-corrected chi connectivity index (χ2v) is 11.4. The van der Waals surface area contributed by atoms with E-state index in [1.165, 1.54) is 4.90 Å². The van der Waals surface area contributed by atoms with Gasteiger partial charge in [0.1, 0.15) is 24.2 Å². The van der Waals surface area contributed by atoms with E-state index in [0.717, 1.165) is 32.1 Å². The highest BCUT2D eigenvalue weighted by atomic mass is 16.6. The van der Waals surface area contributed by atoms with Crippen molar-refractivity contribution in [2.75, 3.05) is 13.1 Å². The Morgan fingerprint density at radius 3 is 2.21 bits per heavy atom. The fourth-order valence-corrected chi connectivity index (χ4v) is 5.16. The fraction of sp³-hybridized carbons (Fsp3) is 0.778. The first-order chi connectivity index (χ1) is 18.3. The summed E-state index contributed by atoms with van der Waals surface area (Å²) in [6, 6.07) is -2.86. The molecule has 4 N–H and O–H groups in total. The van der Waals surface area contributed by atoms with Gasteiger partial charge in [-0.2, -0.15) is 0 Å². The molecular formula is C27H44N4O8. The standard InChI is InChI=1S/C27H44N4O8/c1-5-10-18(22(34)24(36)28-16-21(32)33)29-23(35)20-13-9-14-31(20)25(37)19(15-17-11-7-6-8-12-17)30-26(38)39-27(2,3)4/h17-20H,5-16H2,1-4H3,(H,28,36)(H,29,35)(H,30,38)(H,32,33)/t18?,19-,20-/m0/s1. The largest absolute Gasteiger partial charge is 0.480 e. The zero-order valence-corrected chi connectivity index (χ0v) is 23.5. The van der Waals surface area contributed by atoms with Gasteiger partial charge in [0.05, 0.1) is 6.04 Å². The van der Waals surface area contributed by atoms with Crippen molar-refractivity contribution in [3.63, 3.8) is 0 Å². The number of rotatable bonds is 12. The SMILES string of the molecule is CCCC(NC(=O)[C@@H]1CCCN1C(=O)[C@H](CC1CCCCC1)NC(=O)OC(C)(C)C)C(=O)C(=O)NCC(=O)O. The molecule has 0 bridgehead atoms. The molecule has 1 saturated heterocycles. The molecule has 0 aromatic carbocycles. The maximum Gasteiger partial charge on any atom is 0.408 e. The summed E-state index contributed by atoms with van der Waals surface area (Å²) in [5, 5.41) is 16.1. The molecule has 39 heavy (non-hydrogen) atoms. The van der Waals surface area contributed by atoms with Crippen molar-refractivity contribution in [1.82, 2.24) is 20.9 Å². The van der Waals surface area contributed by atoms with Crippen molar-refractivity contribution >= 4 is 35.6 Å². The van der Waals surface area contributed by atoms with E-state index in [1.807, 2.05) is 5.32 Å². The summed E-state index contributed by atoms with van der Waals surface area (Å²) in [5.74, 6) is -3.99. The summed E-state index contributed by atoms with van der Waals surface area (Å²) < 4.78 is 5.40. The van der Waals surface area contributed by atoms with Crippen LogP contribution in [0.25, 0.3) is 0 Å². The summed E-state index contributed by atoms with van der Waals surface area (Å²) in [7, 11) is 0. The van der Waals surface area contributed by atoms with Crippen LogP contribution >= 0.6 is 0 Å². The average molecular weight is 553 g/mol. The number of carbonyl (C=O) groups excluding carboxylic acids is 5. The third kappa shape index (κ3) is 10.5. The molecule has 2 fully saturated rings. The van der Waals surface area contributed by atoms with E-state index in [0.29, 0.717) is 32.2 Å². The Labute approximate surface area is 230 Å². The van der Waals surface area contributed by atoms with Crippen molar-refractivity contribution in [1.29, 1.82) is 0 Å². The number of ether oxygens (including phenoxy) is 1. The second kappa shape index (κ2) is 14.8. The van der Waals surface area contributed by atoms with Crippen LogP contribution in [-0.2, 0) is 28.7 Å². The van der Waals surface area contributed by atoms with Gasteiger partial charge in [0, 0.05) is 6.54 Å². The van der Waals surface area contributed by atoms with Crippen molar-refractivity contribution in [3.8, 4) is 0 Å². The summed E-state index contributed by atoms with van der Waals surface area (Å²) in [6.45, 7) is 6.60. The molecule has 0 spiro atoms. The van der Waals surface area contributed by atoms with Crippen LogP contribution in [0.4, 0.5) is 4.79 Å². The van der Waals surface area contributed by atoms with Gasteiger partial charge in [-0.05, 0) is 52.4 Å². The van der Waals surface area contributed by atoms with Gasteiger partial charge < -0.3 is 30.7 Å². The zero-order chi connectivity index (χ0) is 29.2. The molecule has 4 amide bonds. The van der Waals surface area contributed by atoms with Gasteiger partial charge in [0.15, 0.2) is 0 Å². The highest BCUT2D eigenvalue weighted by Crippen LogP contribution is 2.29. The molecule has 1 saturated carbocycles. The van der Waals surface area contributed by atoms with Crippen molar-refractivity contribution in [2.45, 2.75) is 116 Å². The van der Waals surface area contributed by atoms with Crippen LogP contribution in [-0.4, -0.2) is 82.4 Å². The van der Waals surface area contributed by atoms with Crippen molar-refractivity contribution in [3.05, 3.63) is 0 Å². The number of Topliss-reactive ketones (excluding diaryl/α,β-unsaturated/α-hetero) is 1. The number of ketones is 1. The van der Waals surface area contributed by atoms with Crippen LogP contribution in [0.2, 0.25) is 0 Å². The average Bonchev–Trinajstić information content (AvgIpc) is 3.35. The number of carboxylic acid groups (broad SMARTS) is 1. The first kappa shape index (κ1) is 32.0. The molecule has 2 aliphatic rings. The Morgan fingerprint density at radius 1 is 0.949 bits per heavy atom. The Hall–Kier alpha value is -3.18. The summed E-state index contributed by atoms with van der Waals surface area (Å²) >= 11 is 0. The summed E-state index contributed by atoms with van der Waals surface area (Å²) in [6.07, 6.45) is 6.57. The number of likely N-dealkylation sites (tertiary alicyclic amines) is 1. The Kier molecular flexibility index (Phi) is 12.2. The lowest BCUT2D eigenvalue weighted by Gasteiger charge is -2.32. The molecule has 1 aliphatic heterocycles. The maximum atomic E-state index is 13.7. The number of aliphatic carboxylic acids is 1. The molecule has 220 valence electrons. The molecule has 3 atom stereocenters. The highest BCUT2D eigenvalue weighted by molar-refractivity contribution is 6.38. The lowest BCUT2D eigenvalue weighted by molar-refractivity contribution is -0.144. The third-order valence-electron chi connectivity index (χ3n) is 6.96. The number of carboxylic acids is 1. The van der Waals surface area contributed by atoms with Crippen LogP contribution in [0.1, 0.15) is 91.9 Å². The minimum Gasteiger partial charge on any atom is -0.480 e. The van der Waals surface area contributed by atoms with Gasteiger partial charge in [0.25, 0.3) is 5.91 Å². The van der Waals surface area contributed by atoms with Crippen molar-refractivity contribution < 1.29 is 38.6 Å². The number of hydrogen-bond acceptors (Lipinski definition) is 7. The minimum atomic E-state index is -1.30. The van der Waals surface area contributed by atoms with Crippen molar-refractivity contribution in [2.24, 2.45) is 5.92 Å². The van der Waals surface area contributed by atoms with Gasteiger partial charge in [-0.25, -0.2) is 4.79 Å². The molecule has 0 aromatic rings. The van der Waals surface area contributed by atoms with Gasteiger partial charge in [0.2, 0.25) is 17.6 Å². The Balaban J connectivity index is 2.15. The predicted molar refractivity (Wildman–Crippen MR) is 142 cm³/mol. The van der Waals surface area contributed by atoms with E-state index in [-0.39, 0.29) is 18.2 Å². The Morgan fingerprint density at radius 2 is 1.62 bits per heavy atom. The zero-order valence-electron chi connectivity index (χ0n) is 23.5. The van der Waals surface area contributed by atoms with E-state index in [4.69, 9.17) is 9.84 Å². The van der Waals surface area contributed by atoms with Gasteiger partial charge in [-0.3, -0.25) is 24.0 Å². The number of hydrogen-bond donors (Lipinski definition) is 4. The first-order valence-electron chi connectivity index (χ1n) is 14.0. The second-order valence-electron chi connectivity index (χ2n) is 11.4. The normalized spacial score (nSPS) is 19.5. The number of amides is 4. The fourth-order valence-electron chi connectivity index (χ4n) is 5.16. The van der Waals surface area contributed by atoms with E-state index in [2.05, 4.69) is 10.6 Å². The molecule has 1 unspecified atom stereocenters. The number of carbonyl (C=O) groups is 6. The molecular weight excluding hydrogens is 508 g/mol. The van der Waals surface area contributed by atoms with Gasteiger partial charge >= 0.3 is 12.1 Å². The summed E-state index contributed by atoms with van der Waals surface area (Å²) in [4.78, 5) is 76.5. The molecule has 12 nitrogen and oxygen atoms in total.